The molecule has 82 valence electrons. The van der Waals surface area contributed by atoms with Crippen LogP contribution in [0.5, 0.6) is 0 Å². The Bertz CT molecular complexity index is 273. The van der Waals surface area contributed by atoms with Gasteiger partial charge in [0, 0.05) is 32.5 Å². The van der Waals surface area contributed by atoms with E-state index in [9.17, 15) is 9.59 Å². The van der Waals surface area contributed by atoms with Crippen molar-refractivity contribution in [3.8, 4) is 6.07 Å². The first-order valence-corrected chi connectivity index (χ1v) is 5.10. The van der Waals surface area contributed by atoms with Crippen molar-refractivity contribution in [1.82, 2.24) is 10.2 Å². The highest BCUT2D eigenvalue weighted by atomic mass is 16.2. The Morgan fingerprint density at radius 2 is 2.13 bits per heavy atom. The molecular weight excluding hydrogens is 194 g/mol. The summed E-state index contributed by atoms with van der Waals surface area (Å²) < 4.78 is 0. The molecule has 0 radical (unpaired) electrons. The summed E-state index contributed by atoms with van der Waals surface area (Å²) in [4.78, 5) is 24.2. The van der Waals surface area contributed by atoms with Gasteiger partial charge in [0.15, 0.2) is 0 Å². The van der Waals surface area contributed by atoms with Crippen molar-refractivity contribution in [2.45, 2.75) is 19.3 Å². The van der Waals surface area contributed by atoms with Crippen molar-refractivity contribution in [1.29, 1.82) is 5.26 Å². The quantitative estimate of drug-likeness (QED) is 0.644. The predicted octanol–water partition coefficient (Wildman–Crippen LogP) is -0.319. The summed E-state index contributed by atoms with van der Waals surface area (Å²) >= 11 is 0. The molecule has 15 heavy (non-hydrogen) atoms. The van der Waals surface area contributed by atoms with Crippen LogP contribution < -0.4 is 5.32 Å². The number of ketones is 1. The Hall–Kier alpha value is -1.41. The lowest BCUT2D eigenvalue weighted by atomic mass is 10.1. The molecule has 0 aromatic rings. The molecule has 0 aliphatic carbocycles. The third-order valence-electron chi connectivity index (χ3n) is 2.34. The normalized spacial score (nSPS) is 17.1. The van der Waals surface area contributed by atoms with Crippen LogP contribution >= 0.6 is 0 Å². The first-order valence-electron chi connectivity index (χ1n) is 5.10. The van der Waals surface area contributed by atoms with Gasteiger partial charge in [0.2, 0.25) is 5.91 Å². The summed E-state index contributed by atoms with van der Waals surface area (Å²) in [6, 6.07) is 1.96. The number of rotatable bonds is 4. The SMILES string of the molecule is N#CCCNC(=O)CN1CCC(=O)CC1. The molecule has 1 aliphatic heterocycles. The molecule has 1 saturated heterocycles. The monoisotopic (exact) mass is 209 g/mol. The molecule has 1 fully saturated rings. The highest BCUT2D eigenvalue weighted by molar-refractivity contribution is 5.81. The molecule has 0 aromatic carbocycles. The molecule has 1 N–H and O–H groups in total. The van der Waals surface area contributed by atoms with E-state index in [1.807, 2.05) is 11.0 Å². The van der Waals surface area contributed by atoms with Gasteiger partial charge in [0.05, 0.1) is 19.0 Å². The number of hydrogen-bond acceptors (Lipinski definition) is 4. The third kappa shape index (κ3) is 4.56. The molecule has 0 bridgehead atoms. The van der Waals surface area contributed by atoms with E-state index < -0.39 is 0 Å². The van der Waals surface area contributed by atoms with E-state index in [1.165, 1.54) is 0 Å². The predicted molar refractivity (Wildman–Crippen MR) is 53.9 cm³/mol. The second-order valence-corrected chi connectivity index (χ2v) is 3.57. The van der Waals surface area contributed by atoms with Crippen LogP contribution in [-0.2, 0) is 9.59 Å². The van der Waals surface area contributed by atoms with Crippen LogP contribution in [0.1, 0.15) is 19.3 Å². The van der Waals surface area contributed by atoms with Gasteiger partial charge < -0.3 is 5.32 Å². The van der Waals surface area contributed by atoms with Gasteiger partial charge >= 0.3 is 0 Å². The molecule has 0 atom stereocenters. The fourth-order valence-electron chi connectivity index (χ4n) is 1.48. The molecular formula is C10H15N3O2. The largest absolute Gasteiger partial charge is 0.354 e. The number of piperidine rings is 1. The minimum Gasteiger partial charge on any atom is -0.354 e. The zero-order valence-electron chi connectivity index (χ0n) is 8.66. The van der Waals surface area contributed by atoms with E-state index in [0.29, 0.717) is 45.4 Å². The fraction of sp³-hybridized carbons (Fsp3) is 0.700. The van der Waals surface area contributed by atoms with Gasteiger partial charge in [-0.2, -0.15) is 5.26 Å². The lowest BCUT2D eigenvalue weighted by Crippen LogP contribution is -2.41. The number of carbonyl (C=O) groups excluding carboxylic acids is 2. The number of nitriles is 1. The third-order valence-corrected chi connectivity index (χ3v) is 2.34. The minimum atomic E-state index is -0.0698. The van der Waals surface area contributed by atoms with Crippen LogP contribution in [0.15, 0.2) is 0 Å². The number of likely N-dealkylation sites (tertiary alicyclic amines) is 1. The molecule has 1 amide bonds. The molecule has 0 aromatic heterocycles. The number of Topliss-reactive ketones (excluding diaryl/α,β-unsaturated/α-hetero) is 1. The highest BCUT2D eigenvalue weighted by Crippen LogP contribution is 2.04. The van der Waals surface area contributed by atoms with Crippen molar-refractivity contribution >= 4 is 11.7 Å². The van der Waals surface area contributed by atoms with Gasteiger partial charge in [-0.3, -0.25) is 14.5 Å². The summed E-state index contributed by atoms with van der Waals surface area (Å²) in [6.07, 6.45) is 1.43. The number of nitrogens with one attached hydrogen (secondary N) is 1. The van der Waals surface area contributed by atoms with E-state index in [0.717, 1.165) is 0 Å². The van der Waals surface area contributed by atoms with E-state index in [1.54, 1.807) is 0 Å². The second-order valence-electron chi connectivity index (χ2n) is 3.57. The molecule has 1 heterocycles. The summed E-state index contributed by atoms with van der Waals surface area (Å²) in [5.74, 6) is 0.204. The van der Waals surface area contributed by atoms with Crippen molar-refractivity contribution in [2.75, 3.05) is 26.2 Å². The Balaban J connectivity index is 2.15. The smallest absolute Gasteiger partial charge is 0.234 e. The van der Waals surface area contributed by atoms with Gasteiger partial charge in [-0.15, -0.1) is 0 Å². The van der Waals surface area contributed by atoms with Gasteiger partial charge in [-0.25, -0.2) is 0 Å². The highest BCUT2D eigenvalue weighted by Gasteiger charge is 2.17. The van der Waals surface area contributed by atoms with Crippen molar-refractivity contribution < 1.29 is 9.59 Å². The Kier molecular flexibility index (Phi) is 4.78. The zero-order chi connectivity index (χ0) is 11.1. The van der Waals surface area contributed by atoms with E-state index in [-0.39, 0.29) is 11.7 Å². The van der Waals surface area contributed by atoms with Gasteiger partial charge in [0.25, 0.3) is 0 Å². The van der Waals surface area contributed by atoms with E-state index >= 15 is 0 Å². The minimum absolute atomic E-state index is 0.0698. The van der Waals surface area contributed by atoms with Crippen molar-refractivity contribution in [3.63, 3.8) is 0 Å². The van der Waals surface area contributed by atoms with Crippen molar-refractivity contribution in [3.05, 3.63) is 0 Å². The molecule has 1 rings (SSSR count). The lowest BCUT2D eigenvalue weighted by Gasteiger charge is -2.24. The summed E-state index contributed by atoms with van der Waals surface area (Å²) in [6.45, 7) is 2.08. The first kappa shape index (κ1) is 11.7. The van der Waals surface area contributed by atoms with E-state index in [2.05, 4.69) is 5.32 Å². The average Bonchev–Trinajstić information content (AvgIpc) is 2.22. The first-order chi connectivity index (χ1) is 7.22. The number of amides is 1. The topological polar surface area (TPSA) is 73.2 Å². The molecule has 0 unspecified atom stereocenters. The molecule has 0 saturated carbocycles. The van der Waals surface area contributed by atoms with Crippen LogP contribution in [0.3, 0.4) is 0 Å². The maximum absolute atomic E-state index is 11.3. The Morgan fingerprint density at radius 1 is 1.47 bits per heavy atom. The maximum atomic E-state index is 11.3. The van der Waals surface area contributed by atoms with Crippen LogP contribution in [0.25, 0.3) is 0 Å². The summed E-state index contributed by atoms with van der Waals surface area (Å²) in [7, 11) is 0. The van der Waals surface area contributed by atoms with Gasteiger partial charge in [0.1, 0.15) is 5.78 Å². The van der Waals surface area contributed by atoms with Crippen LogP contribution in [-0.4, -0.2) is 42.8 Å². The lowest BCUT2D eigenvalue weighted by molar-refractivity contribution is -0.126. The standard InChI is InChI=1S/C10H15N3O2/c11-4-1-5-12-10(15)8-13-6-2-9(14)3-7-13/h1-3,5-8H2,(H,12,15). The maximum Gasteiger partial charge on any atom is 0.234 e. The van der Waals surface area contributed by atoms with Crippen LogP contribution in [0.4, 0.5) is 0 Å². The molecule has 5 nitrogen and oxygen atoms in total. The van der Waals surface area contributed by atoms with E-state index in [4.69, 9.17) is 5.26 Å². The number of nitrogens with zero attached hydrogens (tertiary/aromatic N) is 2. The van der Waals surface area contributed by atoms with Crippen LogP contribution in [0.2, 0.25) is 0 Å². The number of carbonyl (C=O) groups is 2. The van der Waals surface area contributed by atoms with Gasteiger partial charge in [-0.05, 0) is 0 Å². The van der Waals surface area contributed by atoms with Gasteiger partial charge in [-0.1, -0.05) is 0 Å². The Morgan fingerprint density at radius 3 is 2.73 bits per heavy atom. The Labute approximate surface area is 89.0 Å². The molecule has 5 heteroatoms. The average molecular weight is 209 g/mol. The molecule has 1 aliphatic rings. The molecule has 0 spiro atoms. The fourth-order valence-corrected chi connectivity index (χ4v) is 1.48. The van der Waals surface area contributed by atoms with Crippen LogP contribution in [0, 0.1) is 11.3 Å². The van der Waals surface area contributed by atoms with Crippen molar-refractivity contribution in [2.24, 2.45) is 0 Å². The second kappa shape index (κ2) is 6.14. The number of hydrogen-bond donors (Lipinski definition) is 1. The zero-order valence-corrected chi connectivity index (χ0v) is 8.66. The summed E-state index contributed by atoms with van der Waals surface area (Å²) in [5.41, 5.74) is 0. The summed E-state index contributed by atoms with van der Waals surface area (Å²) in [5, 5.41) is 10.9.